The fourth-order valence-electron chi connectivity index (χ4n) is 1.44. The Morgan fingerprint density at radius 3 is 3.00 bits per heavy atom. The highest BCUT2D eigenvalue weighted by atomic mass is 79.9. The number of nitrogens with one attached hydrogen (secondary N) is 1. The Labute approximate surface area is 94.8 Å². The Kier molecular flexibility index (Phi) is 2.48. The first-order chi connectivity index (χ1) is 7.09. The van der Waals surface area contributed by atoms with E-state index >= 15 is 0 Å². The number of hydrogen-bond donors (Lipinski definition) is 1. The molecule has 0 bridgehead atoms. The van der Waals surface area contributed by atoms with Crippen LogP contribution in [0.25, 0.3) is 11.0 Å². The van der Waals surface area contributed by atoms with Gasteiger partial charge < -0.3 is 9.72 Å². The molecule has 0 saturated heterocycles. The molecular weight excluding hydrogens is 260 g/mol. The standard InChI is InChI=1S/C10H9BrN2O2/c1-5-9(15-6(2)14)8-7(11)3-4-12-10(8)13-5/h3-4H,1-2H3,(H,12,13). The molecule has 2 aromatic heterocycles. The van der Waals surface area contributed by atoms with Crippen molar-refractivity contribution < 1.29 is 9.53 Å². The minimum Gasteiger partial charge on any atom is -0.424 e. The van der Waals surface area contributed by atoms with Gasteiger partial charge in [0, 0.05) is 17.6 Å². The van der Waals surface area contributed by atoms with Gasteiger partial charge in [0.2, 0.25) is 0 Å². The number of nitrogens with zero attached hydrogens (tertiary/aromatic N) is 1. The van der Waals surface area contributed by atoms with Gasteiger partial charge >= 0.3 is 5.97 Å². The number of H-pyrrole nitrogens is 1. The van der Waals surface area contributed by atoms with Gasteiger partial charge in [-0.2, -0.15) is 0 Å². The van der Waals surface area contributed by atoms with E-state index in [0.717, 1.165) is 15.6 Å². The molecular formula is C10H9BrN2O2. The molecule has 0 aromatic carbocycles. The van der Waals surface area contributed by atoms with E-state index in [1.807, 2.05) is 13.0 Å². The summed E-state index contributed by atoms with van der Waals surface area (Å²) in [5.74, 6) is 0.201. The number of aryl methyl sites for hydroxylation is 1. The van der Waals surface area contributed by atoms with Crippen LogP contribution in [0.2, 0.25) is 0 Å². The molecule has 15 heavy (non-hydrogen) atoms. The summed E-state index contributed by atoms with van der Waals surface area (Å²) < 4.78 is 5.99. The second-order valence-corrected chi connectivity index (χ2v) is 4.04. The number of carbonyl (C=O) groups excluding carboxylic acids is 1. The zero-order valence-electron chi connectivity index (χ0n) is 8.30. The number of ether oxygens (including phenoxy) is 1. The molecule has 0 aliphatic heterocycles. The average Bonchev–Trinajstić information content (AvgIpc) is 2.43. The number of esters is 1. The van der Waals surface area contributed by atoms with Crippen molar-refractivity contribution in [2.75, 3.05) is 0 Å². The summed E-state index contributed by atoms with van der Waals surface area (Å²) in [4.78, 5) is 18.2. The molecule has 4 nitrogen and oxygen atoms in total. The molecule has 2 aromatic rings. The first kappa shape index (κ1) is 10.2. The van der Waals surface area contributed by atoms with Crippen molar-refractivity contribution in [3.63, 3.8) is 0 Å². The zero-order chi connectivity index (χ0) is 11.0. The summed E-state index contributed by atoms with van der Waals surface area (Å²) in [6.07, 6.45) is 1.68. The molecule has 0 radical (unpaired) electrons. The average molecular weight is 269 g/mol. The minimum atomic E-state index is -0.338. The van der Waals surface area contributed by atoms with Crippen LogP contribution in [0.1, 0.15) is 12.6 Å². The van der Waals surface area contributed by atoms with Crippen molar-refractivity contribution in [2.45, 2.75) is 13.8 Å². The Hall–Kier alpha value is -1.36. The summed E-state index contributed by atoms with van der Waals surface area (Å²) in [7, 11) is 0. The van der Waals surface area contributed by atoms with Crippen molar-refractivity contribution >= 4 is 32.9 Å². The maximum Gasteiger partial charge on any atom is 0.308 e. The Balaban J connectivity index is 2.71. The quantitative estimate of drug-likeness (QED) is 0.809. The lowest BCUT2D eigenvalue weighted by Crippen LogP contribution is -2.01. The van der Waals surface area contributed by atoms with Crippen LogP contribution in [-0.2, 0) is 4.79 Å². The van der Waals surface area contributed by atoms with E-state index in [2.05, 4.69) is 25.9 Å². The van der Waals surface area contributed by atoms with Crippen molar-refractivity contribution in [1.29, 1.82) is 0 Å². The van der Waals surface area contributed by atoms with Crippen LogP contribution in [-0.4, -0.2) is 15.9 Å². The number of aromatic amines is 1. The Bertz CT molecular complexity index is 533. The van der Waals surface area contributed by atoms with Gasteiger partial charge in [0.25, 0.3) is 0 Å². The number of rotatable bonds is 1. The monoisotopic (exact) mass is 268 g/mol. The summed E-state index contributed by atoms with van der Waals surface area (Å²) in [6, 6.07) is 1.81. The van der Waals surface area contributed by atoms with Gasteiger partial charge in [0.1, 0.15) is 5.65 Å². The highest BCUT2D eigenvalue weighted by Crippen LogP contribution is 2.34. The van der Waals surface area contributed by atoms with E-state index < -0.39 is 0 Å². The van der Waals surface area contributed by atoms with Crippen LogP contribution in [0.15, 0.2) is 16.7 Å². The summed E-state index contributed by atoms with van der Waals surface area (Å²) in [5, 5.41) is 0.796. The van der Waals surface area contributed by atoms with Crippen molar-refractivity contribution in [2.24, 2.45) is 0 Å². The fourth-order valence-corrected chi connectivity index (χ4v) is 1.93. The van der Waals surface area contributed by atoms with Crippen molar-refractivity contribution in [1.82, 2.24) is 9.97 Å². The molecule has 2 heterocycles. The molecule has 0 spiro atoms. The lowest BCUT2D eigenvalue weighted by Gasteiger charge is -2.01. The van der Waals surface area contributed by atoms with E-state index in [0.29, 0.717) is 11.4 Å². The summed E-state index contributed by atoms with van der Waals surface area (Å²) in [5.41, 5.74) is 1.50. The number of carbonyl (C=O) groups is 1. The molecule has 2 rings (SSSR count). The highest BCUT2D eigenvalue weighted by Gasteiger charge is 2.14. The molecule has 0 atom stereocenters. The molecule has 78 valence electrons. The maximum absolute atomic E-state index is 10.9. The summed E-state index contributed by atoms with van der Waals surface area (Å²) in [6.45, 7) is 3.22. The number of halogens is 1. The zero-order valence-corrected chi connectivity index (χ0v) is 9.88. The Morgan fingerprint density at radius 1 is 1.60 bits per heavy atom. The van der Waals surface area contributed by atoms with Crippen LogP contribution in [0, 0.1) is 6.92 Å². The number of hydrogen-bond acceptors (Lipinski definition) is 3. The van der Waals surface area contributed by atoms with E-state index in [-0.39, 0.29) is 5.97 Å². The smallest absolute Gasteiger partial charge is 0.308 e. The largest absolute Gasteiger partial charge is 0.424 e. The molecule has 5 heteroatoms. The molecule has 0 amide bonds. The number of pyridine rings is 1. The normalized spacial score (nSPS) is 10.6. The first-order valence-electron chi connectivity index (χ1n) is 4.41. The predicted molar refractivity (Wildman–Crippen MR) is 59.8 cm³/mol. The second-order valence-electron chi connectivity index (χ2n) is 3.19. The van der Waals surface area contributed by atoms with E-state index in [1.54, 1.807) is 6.20 Å². The third-order valence-electron chi connectivity index (χ3n) is 2.02. The van der Waals surface area contributed by atoms with Crippen LogP contribution in [0.3, 0.4) is 0 Å². The van der Waals surface area contributed by atoms with Gasteiger partial charge in [-0.25, -0.2) is 4.98 Å². The Morgan fingerprint density at radius 2 is 2.33 bits per heavy atom. The van der Waals surface area contributed by atoms with E-state index in [4.69, 9.17) is 4.74 Å². The number of fused-ring (bicyclic) bond motifs is 1. The summed E-state index contributed by atoms with van der Waals surface area (Å²) >= 11 is 3.40. The van der Waals surface area contributed by atoms with Gasteiger partial charge in [-0.15, -0.1) is 0 Å². The SMILES string of the molecule is CC(=O)Oc1c(C)[nH]c2nccc(Br)c12. The topological polar surface area (TPSA) is 55.0 Å². The lowest BCUT2D eigenvalue weighted by molar-refractivity contribution is -0.131. The molecule has 0 fully saturated rings. The van der Waals surface area contributed by atoms with Gasteiger partial charge in [-0.3, -0.25) is 4.79 Å². The predicted octanol–water partition coefficient (Wildman–Crippen LogP) is 2.56. The molecule has 0 aliphatic carbocycles. The van der Waals surface area contributed by atoms with Gasteiger partial charge in [0.05, 0.1) is 11.1 Å². The first-order valence-corrected chi connectivity index (χ1v) is 5.20. The maximum atomic E-state index is 10.9. The highest BCUT2D eigenvalue weighted by molar-refractivity contribution is 9.10. The van der Waals surface area contributed by atoms with Crippen LogP contribution >= 0.6 is 15.9 Å². The van der Waals surface area contributed by atoms with Gasteiger partial charge in [0.15, 0.2) is 5.75 Å². The fraction of sp³-hybridized carbons (Fsp3) is 0.200. The van der Waals surface area contributed by atoms with Crippen LogP contribution in [0.5, 0.6) is 5.75 Å². The van der Waals surface area contributed by atoms with E-state index in [1.165, 1.54) is 6.92 Å². The lowest BCUT2D eigenvalue weighted by atomic mass is 10.3. The van der Waals surface area contributed by atoms with Crippen molar-refractivity contribution in [3.05, 3.63) is 22.4 Å². The molecule has 0 unspecified atom stereocenters. The van der Waals surface area contributed by atoms with Gasteiger partial charge in [-0.05, 0) is 28.9 Å². The van der Waals surface area contributed by atoms with E-state index in [9.17, 15) is 4.79 Å². The third kappa shape index (κ3) is 1.74. The number of aromatic nitrogens is 2. The molecule has 0 saturated carbocycles. The van der Waals surface area contributed by atoms with Gasteiger partial charge in [-0.1, -0.05) is 0 Å². The second kappa shape index (κ2) is 3.66. The third-order valence-corrected chi connectivity index (χ3v) is 2.68. The molecule has 0 aliphatic rings. The molecule has 1 N–H and O–H groups in total. The van der Waals surface area contributed by atoms with Crippen LogP contribution < -0.4 is 4.74 Å². The van der Waals surface area contributed by atoms with Crippen LogP contribution in [0.4, 0.5) is 0 Å². The minimum absolute atomic E-state index is 0.338. The van der Waals surface area contributed by atoms with Crippen molar-refractivity contribution in [3.8, 4) is 5.75 Å².